The highest BCUT2D eigenvalue weighted by atomic mass is 79.9. The Kier molecular flexibility index (Phi) is 5.73. The van der Waals surface area contributed by atoms with E-state index in [2.05, 4.69) is 44.4 Å². The molecule has 3 rings (SSSR count). The second-order valence-corrected chi connectivity index (χ2v) is 7.15. The van der Waals surface area contributed by atoms with E-state index >= 15 is 0 Å². The number of hydrogen-bond acceptors (Lipinski definition) is 2. The van der Waals surface area contributed by atoms with Crippen LogP contribution in [0.25, 0.3) is 0 Å². The molecule has 5 nitrogen and oxygen atoms in total. The summed E-state index contributed by atoms with van der Waals surface area (Å²) < 4.78 is 16.0. The topological polar surface area (TPSA) is 45.5 Å². The molecule has 2 heterocycles. The summed E-state index contributed by atoms with van der Waals surface area (Å²) in [5.41, 5.74) is 2.13. The lowest BCUT2D eigenvalue weighted by Crippen LogP contribution is -2.40. The molecule has 1 aliphatic rings. The standard InChI is InChI=1S/C18H23BrFN5/c1-3-21-18(22-9-13-4-5-16(19)17(20)8-13)25-7-6-14(12-25)15-10-23-24(2)11-15/h4-5,8,10-11,14H,3,6-7,9,12H2,1-2H3,(H,21,22). The third-order valence-corrected chi connectivity index (χ3v) is 5.06. The Morgan fingerprint density at radius 1 is 1.48 bits per heavy atom. The Morgan fingerprint density at radius 2 is 2.32 bits per heavy atom. The van der Waals surface area contributed by atoms with Crippen LogP contribution in [0.5, 0.6) is 0 Å². The van der Waals surface area contributed by atoms with Crippen LogP contribution in [0.4, 0.5) is 4.39 Å². The fourth-order valence-corrected chi connectivity index (χ4v) is 3.35. The van der Waals surface area contributed by atoms with Crippen LogP contribution in [0.15, 0.2) is 40.1 Å². The molecular weight excluding hydrogens is 385 g/mol. The lowest BCUT2D eigenvalue weighted by Gasteiger charge is -2.21. The Balaban J connectivity index is 1.69. The SMILES string of the molecule is CCNC(=NCc1ccc(Br)c(F)c1)N1CCC(c2cnn(C)c2)C1. The zero-order valence-corrected chi connectivity index (χ0v) is 16.1. The summed E-state index contributed by atoms with van der Waals surface area (Å²) in [4.78, 5) is 6.97. The minimum atomic E-state index is -0.254. The van der Waals surface area contributed by atoms with Gasteiger partial charge in [-0.05, 0) is 52.5 Å². The highest BCUT2D eigenvalue weighted by Gasteiger charge is 2.26. The molecule has 1 atom stereocenters. The van der Waals surface area contributed by atoms with Gasteiger partial charge in [-0.3, -0.25) is 4.68 Å². The zero-order valence-electron chi connectivity index (χ0n) is 14.5. The molecule has 7 heteroatoms. The van der Waals surface area contributed by atoms with Crippen LogP contribution < -0.4 is 5.32 Å². The number of halogens is 2. The normalized spacial score (nSPS) is 18.0. The van der Waals surface area contributed by atoms with Gasteiger partial charge >= 0.3 is 0 Å². The van der Waals surface area contributed by atoms with Crippen LogP contribution in [0.2, 0.25) is 0 Å². The monoisotopic (exact) mass is 407 g/mol. The first-order chi connectivity index (χ1) is 12.1. The van der Waals surface area contributed by atoms with Gasteiger partial charge in [0.15, 0.2) is 5.96 Å². The molecule has 2 aromatic rings. The summed E-state index contributed by atoms with van der Waals surface area (Å²) in [5, 5.41) is 7.62. The molecule has 1 aromatic carbocycles. The van der Waals surface area contributed by atoms with Crippen molar-refractivity contribution in [1.82, 2.24) is 20.0 Å². The Bertz CT molecular complexity index is 758. The van der Waals surface area contributed by atoms with Gasteiger partial charge in [-0.2, -0.15) is 5.10 Å². The number of rotatable bonds is 4. The number of nitrogens with one attached hydrogen (secondary N) is 1. The van der Waals surface area contributed by atoms with Crippen LogP contribution in [-0.2, 0) is 13.6 Å². The number of likely N-dealkylation sites (tertiary alicyclic amines) is 1. The highest BCUT2D eigenvalue weighted by Crippen LogP contribution is 2.26. The van der Waals surface area contributed by atoms with E-state index in [1.165, 1.54) is 11.6 Å². The lowest BCUT2D eigenvalue weighted by molar-refractivity contribution is 0.486. The van der Waals surface area contributed by atoms with E-state index in [9.17, 15) is 4.39 Å². The minimum Gasteiger partial charge on any atom is -0.357 e. The first-order valence-electron chi connectivity index (χ1n) is 8.52. The van der Waals surface area contributed by atoms with Gasteiger partial charge in [0.2, 0.25) is 0 Å². The highest BCUT2D eigenvalue weighted by molar-refractivity contribution is 9.10. The molecule has 1 fully saturated rings. The van der Waals surface area contributed by atoms with Gasteiger partial charge in [0.25, 0.3) is 0 Å². The third kappa shape index (κ3) is 4.39. The van der Waals surface area contributed by atoms with Gasteiger partial charge in [0, 0.05) is 38.8 Å². The van der Waals surface area contributed by atoms with E-state index in [0.717, 1.165) is 37.6 Å². The van der Waals surface area contributed by atoms with Crippen LogP contribution in [0.1, 0.15) is 30.4 Å². The van der Waals surface area contributed by atoms with Crippen molar-refractivity contribution in [2.24, 2.45) is 12.0 Å². The van der Waals surface area contributed by atoms with E-state index in [4.69, 9.17) is 4.99 Å². The summed E-state index contributed by atoms with van der Waals surface area (Å²) >= 11 is 3.18. The average Bonchev–Trinajstić information content (AvgIpc) is 3.23. The molecule has 0 bridgehead atoms. The van der Waals surface area contributed by atoms with Crippen molar-refractivity contribution < 1.29 is 4.39 Å². The van der Waals surface area contributed by atoms with Gasteiger partial charge in [-0.1, -0.05) is 6.07 Å². The molecule has 1 aromatic heterocycles. The van der Waals surface area contributed by atoms with Crippen molar-refractivity contribution in [1.29, 1.82) is 0 Å². The molecule has 0 radical (unpaired) electrons. The molecule has 1 unspecified atom stereocenters. The van der Waals surface area contributed by atoms with Gasteiger partial charge in [-0.25, -0.2) is 9.38 Å². The van der Waals surface area contributed by atoms with Crippen molar-refractivity contribution in [3.63, 3.8) is 0 Å². The smallest absolute Gasteiger partial charge is 0.194 e. The lowest BCUT2D eigenvalue weighted by atomic mass is 10.0. The number of hydrogen-bond donors (Lipinski definition) is 1. The van der Waals surface area contributed by atoms with E-state index in [0.29, 0.717) is 16.9 Å². The third-order valence-electron chi connectivity index (χ3n) is 4.41. The summed E-state index contributed by atoms with van der Waals surface area (Å²) in [6.45, 7) is 5.21. The van der Waals surface area contributed by atoms with Crippen LogP contribution in [0.3, 0.4) is 0 Å². The van der Waals surface area contributed by atoms with Crippen molar-refractivity contribution in [3.05, 3.63) is 52.0 Å². The number of nitrogens with zero attached hydrogens (tertiary/aromatic N) is 4. The molecule has 0 saturated carbocycles. The van der Waals surface area contributed by atoms with Gasteiger partial charge in [0.1, 0.15) is 5.82 Å². The molecule has 0 spiro atoms. The fraction of sp³-hybridized carbons (Fsp3) is 0.444. The number of aliphatic imine (C=N–C) groups is 1. The Hall–Kier alpha value is -1.89. The van der Waals surface area contributed by atoms with Crippen molar-refractivity contribution >= 4 is 21.9 Å². The van der Waals surface area contributed by atoms with Crippen molar-refractivity contribution in [3.8, 4) is 0 Å². The largest absolute Gasteiger partial charge is 0.357 e. The fourth-order valence-electron chi connectivity index (χ4n) is 3.11. The maximum atomic E-state index is 13.7. The summed E-state index contributed by atoms with van der Waals surface area (Å²) in [5.74, 6) is 1.11. The molecule has 0 amide bonds. The van der Waals surface area contributed by atoms with Crippen molar-refractivity contribution in [2.75, 3.05) is 19.6 Å². The average molecular weight is 408 g/mol. The van der Waals surface area contributed by atoms with Gasteiger partial charge in [-0.15, -0.1) is 0 Å². The molecule has 0 aliphatic carbocycles. The van der Waals surface area contributed by atoms with Gasteiger partial charge < -0.3 is 10.2 Å². The van der Waals surface area contributed by atoms with Gasteiger partial charge in [0.05, 0.1) is 17.2 Å². The molecule has 25 heavy (non-hydrogen) atoms. The first-order valence-corrected chi connectivity index (χ1v) is 9.32. The molecular formula is C18H23BrFN5. The number of aryl methyl sites for hydroxylation is 1. The molecule has 1 aliphatic heterocycles. The Labute approximate surface area is 156 Å². The summed E-state index contributed by atoms with van der Waals surface area (Å²) in [6, 6.07) is 5.14. The number of aromatic nitrogens is 2. The first kappa shape index (κ1) is 17.9. The van der Waals surface area contributed by atoms with E-state index in [1.54, 1.807) is 6.07 Å². The van der Waals surface area contributed by atoms with E-state index < -0.39 is 0 Å². The molecule has 1 N–H and O–H groups in total. The van der Waals surface area contributed by atoms with Crippen molar-refractivity contribution in [2.45, 2.75) is 25.8 Å². The zero-order chi connectivity index (χ0) is 17.8. The second-order valence-electron chi connectivity index (χ2n) is 6.30. The predicted molar refractivity (Wildman–Crippen MR) is 101 cm³/mol. The quantitative estimate of drug-likeness (QED) is 0.624. The number of guanidine groups is 1. The van der Waals surface area contributed by atoms with E-state index in [-0.39, 0.29) is 5.82 Å². The van der Waals surface area contributed by atoms with Crippen LogP contribution in [0, 0.1) is 5.82 Å². The maximum Gasteiger partial charge on any atom is 0.194 e. The minimum absolute atomic E-state index is 0.254. The maximum absolute atomic E-state index is 13.7. The molecule has 1 saturated heterocycles. The summed E-state index contributed by atoms with van der Waals surface area (Å²) in [6.07, 6.45) is 5.12. The molecule has 134 valence electrons. The van der Waals surface area contributed by atoms with Crippen LogP contribution in [-0.4, -0.2) is 40.3 Å². The summed E-state index contributed by atoms with van der Waals surface area (Å²) in [7, 11) is 1.94. The van der Waals surface area contributed by atoms with Crippen LogP contribution >= 0.6 is 15.9 Å². The Morgan fingerprint density at radius 3 is 3.00 bits per heavy atom. The number of benzene rings is 1. The van der Waals surface area contributed by atoms with E-state index in [1.807, 2.05) is 24.0 Å². The predicted octanol–water partition coefficient (Wildman–Crippen LogP) is 3.28. The second kappa shape index (κ2) is 7.99.